The average Bonchev–Trinajstić information content (AvgIpc) is 2.92. The molecule has 0 aliphatic heterocycles. The predicted octanol–water partition coefficient (Wildman–Crippen LogP) is 3.05. The van der Waals surface area contributed by atoms with Gasteiger partial charge < -0.3 is 4.74 Å². The normalized spacial score (nSPS) is 12.7. The number of hydrogen-bond donors (Lipinski definition) is 2. The summed E-state index contributed by atoms with van der Waals surface area (Å²) >= 11 is 7.52. The molecule has 0 aliphatic carbocycles. The number of thiophene rings is 1. The summed E-state index contributed by atoms with van der Waals surface area (Å²) in [5.74, 6) is -0.115. The van der Waals surface area contributed by atoms with Gasteiger partial charge in [0.05, 0.1) is 3.79 Å². The Morgan fingerprint density at radius 2 is 2.00 bits per heavy atom. The van der Waals surface area contributed by atoms with Crippen molar-refractivity contribution in [1.82, 2.24) is 10.3 Å². The summed E-state index contributed by atoms with van der Waals surface area (Å²) in [6.45, 7) is 1.52. The minimum Gasteiger partial charge on any atom is -0.481 e. The summed E-state index contributed by atoms with van der Waals surface area (Å²) in [4.78, 5) is 14.0. The predicted molar refractivity (Wildman–Crippen MR) is 94.7 cm³/mol. The smallest absolute Gasteiger partial charge is 0.275 e. The largest absolute Gasteiger partial charge is 0.481 e. The number of sulfonamides is 1. The molecule has 1 heterocycles. The second-order valence-electron chi connectivity index (χ2n) is 4.37. The Hall–Kier alpha value is -0.940. The summed E-state index contributed by atoms with van der Waals surface area (Å²) in [6.07, 6.45) is -0.873. The number of halogens is 2. The van der Waals surface area contributed by atoms with E-state index in [0.717, 1.165) is 15.8 Å². The minimum absolute atomic E-state index is 0.0882. The van der Waals surface area contributed by atoms with E-state index in [0.29, 0.717) is 9.54 Å². The molecule has 0 bridgehead atoms. The molecule has 10 heteroatoms. The van der Waals surface area contributed by atoms with E-state index in [2.05, 4.69) is 37.3 Å². The summed E-state index contributed by atoms with van der Waals surface area (Å²) in [5.41, 5.74) is 2.14. The first-order valence-electron chi connectivity index (χ1n) is 6.27. The van der Waals surface area contributed by atoms with E-state index >= 15 is 0 Å². The van der Waals surface area contributed by atoms with Crippen LogP contribution in [0.15, 0.2) is 48.9 Å². The fourth-order valence-electron chi connectivity index (χ4n) is 1.51. The Kier molecular flexibility index (Phi) is 6.20. The third-order valence-corrected chi connectivity index (χ3v) is 6.46. The van der Waals surface area contributed by atoms with Crippen LogP contribution in [-0.4, -0.2) is 20.4 Å². The number of hydrogen-bond acceptors (Lipinski definition) is 5. The number of carbonyl (C=O) groups excluding carboxylic acids is 1. The molecule has 0 radical (unpaired) electrons. The monoisotopic (exact) mass is 482 g/mol. The van der Waals surface area contributed by atoms with Crippen LogP contribution in [0.2, 0.25) is 0 Å². The number of hydrazine groups is 1. The molecule has 124 valence electrons. The molecule has 2 aromatic rings. The Bertz CT molecular complexity index is 808. The quantitative estimate of drug-likeness (QED) is 0.618. The van der Waals surface area contributed by atoms with Crippen molar-refractivity contribution in [2.75, 3.05) is 0 Å². The maximum absolute atomic E-state index is 12.0. The number of ether oxygens (including phenoxy) is 1. The van der Waals surface area contributed by atoms with Gasteiger partial charge in [-0.1, -0.05) is 22.0 Å². The highest BCUT2D eigenvalue weighted by atomic mass is 79.9. The molecule has 0 spiro atoms. The summed E-state index contributed by atoms with van der Waals surface area (Å²) < 4.78 is 31.0. The third-order valence-electron chi connectivity index (χ3n) is 2.60. The Morgan fingerprint density at radius 3 is 2.61 bits per heavy atom. The number of rotatable bonds is 6. The molecule has 0 fully saturated rings. The van der Waals surface area contributed by atoms with Gasteiger partial charge in [-0.25, -0.2) is 8.42 Å². The fourth-order valence-corrected chi connectivity index (χ4v) is 4.74. The van der Waals surface area contributed by atoms with E-state index in [9.17, 15) is 13.2 Å². The molecule has 0 saturated carbocycles. The summed E-state index contributed by atoms with van der Waals surface area (Å²) in [7, 11) is -3.80. The maximum atomic E-state index is 12.0. The van der Waals surface area contributed by atoms with Crippen LogP contribution in [0.25, 0.3) is 0 Å². The van der Waals surface area contributed by atoms with E-state index in [4.69, 9.17) is 4.74 Å². The van der Waals surface area contributed by atoms with Crippen molar-refractivity contribution >= 4 is 59.1 Å². The Labute approximate surface area is 154 Å². The first kappa shape index (κ1) is 18.4. The molecule has 1 aromatic heterocycles. The number of amides is 1. The van der Waals surface area contributed by atoms with Crippen molar-refractivity contribution < 1.29 is 17.9 Å². The van der Waals surface area contributed by atoms with Crippen LogP contribution in [0.3, 0.4) is 0 Å². The zero-order chi connectivity index (χ0) is 17.0. The van der Waals surface area contributed by atoms with Gasteiger partial charge in [-0.15, -0.1) is 16.2 Å². The molecule has 1 atom stereocenters. The molecule has 2 N–H and O–H groups in total. The second kappa shape index (κ2) is 7.75. The number of benzene rings is 1. The second-order valence-corrected chi connectivity index (χ2v) is 9.66. The molecule has 2 rings (SSSR count). The van der Waals surface area contributed by atoms with Gasteiger partial charge in [-0.05, 0) is 53.2 Å². The van der Waals surface area contributed by atoms with Crippen molar-refractivity contribution in [3.63, 3.8) is 0 Å². The van der Waals surface area contributed by atoms with Crippen LogP contribution in [0.4, 0.5) is 0 Å². The van der Waals surface area contributed by atoms with E-state index in [1.807, 2.05) is 10.9 Å². The Morgan fingerprint density at radius 1 is 1.26 bits per heavy atom. The van der Waals surface area contributed by atoms with Crippen LogP contribution in [0, 0.1) is 0 Å². The standard InChI is InChI=1S/C13H12Br2N2O4S2/c1-8(21-10-4-2-3-9(14)7-10)13(18)16-17-23(19,20)12-6-5-11(15)22-12/h2-8,17H,1H3,(H,16,18)/t8-/m1/s1. The van der Waals surface area contributed by atoms with E-state index in [1.54, 1.807) is 24.3 Å². The van der Waals surface area contributed by atoms with Gasteiger partial charge in [0.15, 0.2) is 6.10 Å². The molecule has 1 aromatic carbocycles. The SMILES string of the molecule is C[C@@H](Oc1cccc(Br)c1)C(=O)NNS(=O)(=O)c1ccc(Br)s1. The van der Waals surface area contributed by atoms with E-state index in [1.165, 1.54) is 13.0 Å². The first-order valence-corrected chi connectivity index (χ1v) is 10.2. The lowest BCUT2D eigenvalue weighted by atomic mass is 10.3. The lowest BCUT2D eigenvalue weighted by Crippen LogP contribution is -2.46. The van der Waals surface area contributed by atoms with Gasteiger partial charge in [-0.3, -0.25) is 10.2 Å². The van der Waals surface area contributed by atoms with Crippen LogP contribution < -0.4 is 15.0 Å². The van der Waals surface area contributed by atoms with E-state index in [-0.39, 0.29) is 4.21 Å². The number of nitrogens with one attached hydrogen (secondary N) is 2. The molecule has 1 amide bonds. The highest BCUT2D eigenvalue weighted by Gasteiger charge is 2.20. The lowest BCUT2D eigenvalue weighted by Gasteiger charge is -2.15. The van der Waals surface area contributed by atoms with Crippen molar-refractivity contribution in [2.24, 2.45) is 0 Å². The molecule has 0 unspecified atom stereocenters. The molecule has 0 aliphatic rings. The molecular weight excluding hydrogens is 472 g/mol. The highest BCUT2D eigenvalue weighted by Crippen LogP contribution is 2.25. The van der Waals surface area contributed by atoms with Crippen LogP contribution >= 0.6 is 43.2 Å². The average molecular weight is 484 g/mol. The minimum atomic E-state index is -3.80. The molecule has 0 saturated heterocycles. The van der Waals surface area contributed by atoms with Crippen LogP contribution in [0.1, 0.15) is 6.92 Å². The zero-order valence-electron chi connectivity index (χ0n) is 11.7. The zero-order valence-corrected chi connectivity index (χ0v) is 16.6. The number of carbonyl (C=O) groups is 1. The molecular formula is C13H12Br2N2O4S2. The van der Waals surface area contributed by atoms with Crippen LogP contribution in [-0.2, 0) is 14.8 Å². The van der Waals surface area contributed by atoms with Crippen molar-refractivity contribution in [1.29, 1.82) is 0 Å². The topological polar surface area (TPSA) is 84.5 Å². The lowest BCUT2D eigenvalue weighted by molar-refractivity contribution is -0.127. The first-order chi connectivity index (χ1) is 10.8. The Balaban J connectivity index is 1.93. The summed E-state index contributed by atoms with van der Waals surface area (Å²) in [6, 6.07) is 10.0. The van der Waals surface area contributed by atoms with Gasteiger partial charge >= 0.3 is 0 Å². The van der Waals surface area contributed by atoms with Gasteiger partial charge in [0.2, 0.25) is 0 Å². The molecule has 23 heavy (non-hydrogen) atoms. The summed E-state index contributed by atoms with van der Waals surface area (Å²) in [5, 5.41) is 0. The molecule has 6 nitrogen and oxygen atoms in total. The van der Waals surface area contributed by atoms with Crippen molar-refractivity contribution in [3.05, 3.63) is 44.7 Å². The van der Waals surface area contributed by atoms with Gasteiger partial charge in [0.25, 0.3) is 15.9 Å². The van der Waals surface area contributed by atoms with Crippen molar-refractivity contribution in [2.45, 2.75) is 17.2 Å². The highest BCUT2D eigenvalue weighted by molar-refractivity contribution is 9.11. The third kappa shape index (κ3) is 5.28. The fraction of sp³-hybridized carbons (Fsp3) is 0.154. The van der Waals surface area contributed by atoms with Crippen LogP contribution in [0.5, 0.6) is 5.75 Å². The van der Waals surface area contributed by atoms with E-state index < -0.39 is 22.0 Å². The van der Waals surface area contributed by atoms with Gasteiger partial charge in [0, 0.05) is 4.47 Å². The van der Waals surface area contributed by atoms with Gasteiger partial charge in [0.1, 0.15) is 9.96 Å². The van der Waals surface area contributed by atoms with Gasteiger partial charge in [-0.2, -0.15) is 0 Å². The van der Waals surface area contributed by atoms with Crippen molar-refractivity contribution in [3.8, 4) is 5.75 Å². The maximum Gasteiger partial charge on any atom is 0.275 e.